The van der Waals surface area contributed by atoms with E-state index in [2.05, 4.69) is 26.1 Å². The van der Waals surface area contributed by atoms with Crippen LogP contribution in [0.3, 0.4) is 0 Å². The summed E-state index contributed by atoms with van der Waals surface area (Å²) in [7, 11) is 0. The zero-order valence-corrected chi connectivity index (χ0v) is 14.9. The van der Waals surface area contributed by atoms with E-state index in [9.17, 15) is 18.4 Å². The SMILES string of the molecule is CC(C)(C)C1CCC(C(=O)OCC(=O)Nc2ccc(F)cc2F)CC1. The molecule has 0 aliphatic heterocycles. The summed E-state index contributed by atoms with van der Waals surface area (Å²) < 4.78 is 31.3. The van der Waals surface area contributed by atoms with Crippen molar-refractivity contribution in [1.29, 1.82) is 0 Å². The van der Waals surface area contributed by atoms with E-state index in [1.807, 2.05) is 0 Å². The number of halogens is 2. The zero-order valence-electron chi connectivity index (χ0n) is 14.9. The highest BCUT2D eigenvalue weighted by atomic mass is 19.1. The van der Waals surface area contributed by atoms with Gasteiger partial charge in [-0.2, -0.15) is 0 Å². The van der Waals surface area contributed by atoms with E-state index in [4.69, 9.17) is 4.74 Å². The Balaban J connectivity index is 1.77. The molecule has 138 valence electrons. The van der Waals surface area contributed by atoms with Crippen LogP contribution in [0, 0.1) is 28.9 Å². The molecule has 2 rings (SSSR count). The van der Waals surface area contributed by atoms with Gasteiger partial charge in [0.25, 0.3) is 5.91 Å². The fraction of sp³-hybridized carbons (Fsp3) is 0.579. The maximum Gasteiger partial charge on any atom is 0.309 e. The Bertz CT molecular complexity index is 632. The Morgan fingerprint density at radius 2 is 1.80 bits per heavy atom. The van der Waals surface area contributed by atoms with Gasteiger partial charge in [0.1, 0.15) is 11.6 Å². The molecule has 1 saturated carbocycles. The predicted octanol–water partition coefficient (Wildman–Crippen LogP) is 4.30. The van der Waals surface area contributed by atoms with E-state index in [1.165, 1.54) is 0 Å². The summed E-state index contributed by atoms with van der Waals surface area (Å²) in [5, 5.41) is 2.26. The standard InChI is InChI=1S/C19H25F2NO3/c1-19(2,3)13-6-4-12(5-7-13)18(24)25-11-17(23)22-16-9-8-14(20)10-15(16)21/h8-10,12-13H,4-7,11H2,1-3H3,(H,22,23). The van der Waals surface area contributed by atoms with Crippen molar-refractivity contribution in [3.05, 3.63) is 29.8 Å². The lowest BCUT2D eigenvalue weighted by Gasteiger charge is -2.36. The zero-order chi connectivity index (χ0) is 18.6. The summed E-state index contributed by atoms with van der Waals surface area (Å²) >= 11 is 0. The number of hydrogen-bond donors (Lipinski definition) is 1. The minimum atomic E-state index is -0.875. The number of esters is 1. The highest BCUT2D eigenvalue weighted by Crippen LogP contribution is 2.40. The molecule has 0 radical (unpaired) electrons. The quantitative estimate of drug-likeness (QED) is 0.821. The lowest BCUT2D eigenvalue weighted by atomic mass is 9.70. The fourth-order valence-corrected chi connectivity index (χ4v) is 3.23. The van der Waals surface area contributed by atoms with Crippen LogP contribution in [-0.2, 0) is 14.3 Å². The van der Waals surface area contributed by atoms with Gasteiger partial charge in [0.2, 0.25) is 0 Å². The number of nitrogens with one attached hydrogen (secondary N) is 1. The number of carbonyl (C=O) groups excluding carboxylic acids is 2. The minimum absolute atomic E-state index is 0.145. The molecule has 1 aliphatic rings. The second kappa shape index (κ2) is 7.93. The van der Waals surface area contributed by atoms with Gasteiger partial charge in [-0.05, 0) is 49.1 Å². The Morgan fingerprint density at radius 1 is 1.16 bits per heavy atom. The van der Waals surface area contributed by atoms with Gasteiger partial charge < -0.3 is 10.1 Å². The highest BCUT2D eigenvalue weighted by Gasteiger charge is 2.33. The maximum atomic E-state index is 13.5. The summed E-state index contributed by atoms with van der Waals surface area (Å²) in [6.45, 7) is 6.13. The van der Waals surface area contributed by atoms with E-state index < -0.39 is 24.1 Å². The Labute approximate surface area is 146 Å². The number of rotatable bonds is 4. The molecule has 1 aromatic carbocycles. The van der Waals surface area contributed by atoms with Crippen LogP contribution in [-0.4, -0.2) is 18.5 Å². The first-order valence-corrected chi connectivity index (χ1v) is 8.58. The molecule has 1 aromatic rings. The second-order valence-electron chi connectivity index (χ2n) is 7.69. The molecule has 1 fully saturated rings. The summed E-state index contributed by atoms with van der Waals surface area (Å²) in [5.74, 6) is -2.24. The summed E-state index contributed by atoms with van der Waals surface area (Å²) in [5.41, 5.74) is 0.0849. The molecule has 4 nitrogen and oxygen atoms in total. The lowest BCUT2D eigenvalue weighted by Crippen LogP contribution is -2.31. The Kier molecular flexibility index (Phi) is 6.14. The average Bonchev–Trinajstić information content (AvgIpc) is 2.54. The molecule has 0 saturated heterocycles. The number of ether oxygens (including phenoxy) is 1. The molecule has 0 bridgehead atoms. The minimum Gasteiger partial charge on any atom is -0.455 e. The van der Waals surface area contributed by atoms with Crippen LogP contribution in [0.25, 0.3) is 0 Å². The molecule has 0 aromatic heterocycles. The number of benzene rings is 1. The molecule has 0 atom stereocenters. The molecule has 6 heteroatoms. The summed E-state index contributed by atoms with van der Waals surface area (Å²) in [6.07, 6.45) is 3.45. The number of anilines is 1. The van der Waals surface area contributed by atoms with Gasteiger partial charge in [0.05, 0.1) is 11.6 Å². The van der Waals surface area contributed by atoms with Crippen molar-refractivity contribution in [1.82, 2.24) is 0 Å². The van der Waals surface area contributed by atoms with Crippen molar-refractivity contribution >= 4 is 17.6 Å². The van der Waals surface area contributed by atoms with Crippen LogP contribution in [0.2, 0.25) is 0 Å². The molecule has 1 aliphatic carbocycles. The maximum absolute atomic E-state index is 13.5. The van der Waals surface area contributed by atoms with Gasteiger partial charge in [0.15, 0.2) is 6.61 Å². The largest absolute Gasteiger partial charge is 0.455 e. The van der Waals surface area contributed by atoms with E-state index >= 15 is 0 Å². The highest BCUT2D eigenvalue weighted by molar-refractivity contribution is 5.93. The third kappa shape index (κ3) is 5.51. The van der Waals surface area contributed by atoms with Gasteiger partial charge in [0, 0.05) is 6.07 Å². The summed E-state index contributed by atoms with van der Waals surface area (Å²) in [4.78, 5) is 23.9. The van der Waals surface area contributed by atoms with Crippen LogP contribution in [0.4, 0.5) is 14.5 Å². The van der Waals surface area contributed by atoms with E-state index in [1.54, 1.807) is 0 Å². The van der Waals surface area contributed by atoms with E-state index in [0.717, 1.165) is 37.8 Å². The smallest absolute Gasteiger partial charge is 0.309 e. The van der Waals surface area contributed by atoms with Crippen molar-refractivity contribution in [2.24, 2.45) is 17.3 Å². The van der Waals surface area contributed by atoms with Crippen LogP contribution in [0.5, 0.6) is 0 Å². The van der Waals surface area contributed by atoms with Crippen molar-refractivity contribution < 1.29 is 23.1 Å². The summed E-state index contributed by atoms with van der Waals surface area (Å²) in [6, 6.07) is 2.84. The molecule has 1 amide bonds. The van der Waals surface area contributed by atoms with Crippen LogP contribution < -0.4 is 5.32 Å². The molecule has 1 N–H and O–H groups in total. The average molecular weight is 353 g/mol. The topological polar surface area (TPSA) is 55.4 Å². The first-order chi connectivity index (χ1) is 11.7. The van der Waals surface area contributed by atoms with Crippen LogP contribution >= 0.6 is 0 Å². The molecule has 25 heavy (non-hydrogen) atoms. The van der Waals surface area contributed by atoms with Crippen LogP contribution in [0.1, 0.15) is 46.5 Å². The monoisotopic (exact) mass is 353 g/mol. The van der Waals surface area contributed by atoms with Gasteiger partial charge in [-0.15, -0.1) is 0 Å². The van der Waals surface area contributed by atoms with E-state index in [0.29, 0.717) is 12.0 Å². The molecular formula is C19H25F2NO3. The predicted molar refractivity (Wildman–Crippen MR) is 90.8 cm³/mol. The van der Waals surface area contributed by atoms with E-state index in [-0.39, 0.29) is 23.0 Å². The normalized spacial score (nSPS) is 20.8. The van der Waals surface area contributed by atoms with Gasteiger partial charge in [-0.3, -0.25) is 9.59 Å². The molecular weight excluding hydrogens is 328 g/mol. The first kappa shape index (κ1) is 19.3. The van der Waals surface area contributed by atoms with Crippen molar-refractivity contribution in [2.45, 2.75) is 46.5 Å². The molecule has 0 heterocycles. The third-order valence-electron chi connectivity index (χ3n) is 4.84. The number of amides is 1. The third-order valence-corrected chi connectivity index (χ3v) is 4.84. The van der Waals surface area contributed by atoms with Crippen molar-refractivity contribution in [3.63, 3.8) is 0 Å². The lowest BCUT2D eigenvalue weighted by molar-refractivity contribution is -0.153. The van der Waals surface area contributed by atoms with Gasteiger partial charge in [-0.1, -0.05) is 20.8 Å². The Hall–Kier alpha value is -1.98. The first-order valence-electron chi connectivity index (χ1n) is 8.58. The van der Waals surface area contributed by atoms with Gasteiger partial charge >= 0.3 is 5.97 Å². The number of carbonyl (C=O) groups is 2. The molecule has 0 spiro atoms. The van der Waals surface area contributed by atoms with Gasteiger partial charge in [-0.25, -0.2) is 8.78 Å². The van der Waals surface area contributed by atoms with Crippen LogP contribution in [0.15, 0.2) is 18.2 Å². The van der Waals surface area contributed by atoms with Crippen molar-refractivity contribution in [3.8, 4) is 0 Å². The Morgan fingerprint density at radius 3 is 2.36 bits per heavy atom. The second-order valence-corrected chi connectivity index (χ2v) is 7.69. The van der Waals surface area contributed by atoms with Crippen molar-refractivity contribution in [2.75, 3.05) is 11.9 Å². The molecule has 0 unspecified atom stereocenters. The number of hydrogen-bond acceptors (Lipinski definition) is 3. The fourth-order valence-electron chi connectivity index (χ4n) is 3.23.